The smallest absolute Gasteiger partial charge is 0.236 e. The SMILES string of the molecule is CC/C(=C\[N+](=O)[O-])C(C)(O)C(C)C(=O)C(C)C. The van der Waals surface area contributed by atoms with E-state index in [2.05, 4.69) is 0 Å². The van der Waals surface area contributed by atoms with Gasteiger partial charge in [0.15, 0.2) is 0 Å². The second-order valence-corrected chi connectivity index (χ2v) is 4.72. The molecule has 0 saturated heterocycles. The lowest BCUT2D eigenvalue weighted by Gasteiger charge is -2.31. The lowest BCUT2D eigenvalue weighted by molar-refractivity contribution is -0.404. The van der Waals surface area contributed by atoms with Gasteiger partial charge >= 0.3 is 0 Å². The summed E-state index contributed by atoms with van der Waals surface area (Å²) in [4.78, 5) is 21.7. The summed E-state index contributed by atoms with van der Waals surface area (Å²) in [6.07, 6.45) is 1.13. The van der Waals surface area contributed by atoms with Gasteiger partial charge in [-0.1, -0.05) is 27.7 Å². The number of nitrogens with zero attached hydrogens (tertiary/aromatic N) is 1. The van der Waals surface area contributed by atoms with Crippen LogP contribution in [0.25, 0.3) is 0 Å². The molecular weight excluding hydrogens is 222 g/mol. The number of hydrogen-bond acceptors (Lipinski definition) is 4. The Balaban J connectivity index is 5.23. The number of aliphatic hydroxyl groups is 1. The van der Waals surface area contributed by atoms with Crippen LogP contribution in [-0.2, 0) is 4.79 Å². The molecule has 0 heterocycles. The van der Waals surface area contributed by atoms with Gasteiger partial charge in [0, 0.05) is 17.4 Å². The monoisotopic (exact) mass is 243 g/mol. The summed E-state index contributed by atoms with van der Waals surface area (Å²) >= 11 is 0. The summed E-state index contributed by atoms with van der Waals surface area (Å²) < 4.78 is 0. The predicted molar refractivity (Wildman–Crippen MR) is 65.0 cm³/mol. The van der Waals surface area contributed by atoms with E-state index in [0.29, 0.717) is 6.42 Å². The normalized spacial score (nSPS) is 17.7. The highest BCUT2D eigenvalue weighted by Gasteiger charge is 2.38. The Morgan fingerprint density at radius 3 is 2.24 bits per heavy atom. The van der Waals surface area contributed by atoms with Crippen molar-refractivity contribution in [2.75, 3.05) is 0 Å². The zero-order valence-corrected chi connectivity index (χ0v) is 11.1. The highest BCUT2D eigenvalue weighted by atomic mass is 16.6. The van der Waals surface area contributed by atoms with E-state index in [1.807, 2.05) is 0 Å². The van der Waals surface area contributed by atoms with E-state index < -0.39 is 16.4 Å². The van der Waals surface area contributed by atoms with E-state index in [1.165, 1.54) is 6.92 Å². The van der Waals surface area contributed by atoms with Crippen molar-refractivity contribution in [1.29, 1.82) is 0 Å². The largest absolute Gasteiger partial charge is 0.385 e. The first-order valence-electron chi connectivity index (χ1n) is 5.75. The second-order valence-electron chi connectivity index (χ2n) is 4.72. The minimum atomic E-state index is -1.47. The Bertz CT molecular complexity index is 331. The van der Waals surface area contributed by atoms with E-state index in [0.717, 1.165) is 6.20 Å². The summed E-state index contributed by atoms with van der Waals surface area (Å²) in [5, 5.41) is 20.8. The molecule has 0 aromatic carbocycles. The average Bonchev–Trinajstić information content (AvgIpc) is 2.22. The topological polar surface area (TPSA) is 80.4 Å². The van der Waals surface area contributed by atoms with Crippen LogP contribution in [0.15, 0.2) is 11.8 Å². The first kappa shape index (κ1) is 15.8. The molecule has 0 fully saturated rings. The summed E-state index contributed by atoms with van der Waals surface area (Å²) in [6, 6.07) is 0. The van der Waals surface area contributed by atoms with Crippen LogP contribution in [0.3, 0.4) is 0 Å². The highest BCUT2D eigenvalue weighted by molar-refractivity contribution is 5.84. The number of hydrogen-bond donors (Lipinski definition) is 1. The maximum absolute atomic E-state index is 11.8. The Kier molecular flexibility index (Phi) is 5.48. The number of carbonyl (C=O) groups excluding carboxylic acids is 1. The quantitative estimate of drug-likeness (QED) is 0.572. The van der Waals surface area contributed by atoms with Crippen LogP contribution in [0, 0.1) is 22.0 Å². The Labute approximate surface area is 102 Å². The zero-order chi connectivity index (χ0) is 13.8. The predicted octanol–water partition coefficient (Wildman–Crippen LogP) is 2.17. The van der Waals surface area contributed by atoms with Crippen LogP contribution in [0.4, 0.5) is 0 Å². The molecule has 5 heteroatoms. The van der Waals surface area contributed by atoms with Gasteiger partial charge in [-0.3, -0.25) is 14.9 Å². The molecular formula is C12H21NO4. The minimum Gasteiger partial charge on any atom is -0.385 e. The number of nitro groups is 1. The van der Waals surface area contributed by atoms with Crippen LogP contribution in [0.2, 0.25) is 0 Å². The maximum atomic E-state index is 11.8. The standard InChI is InChI=1S/C12H21NO4/c1-6-10(7-13(16)17)12(5,15)9(4)11(14)8(2)3/h7-9,15H,6H2,1-5H3/b10-7+. The Morgan fingerprint density at radius 2 is 1.94 bits per heavy atom. The van der Waals surface area contributed by atoms with E-state index in [9.17, 15) is 20.0 Å². The van der Waals surface area contributed by atoms with Crippen LogP contribution in [0.5, 0.6) is 0 Å². The van der Waals surface area contributed by atoms with Crippen LogP contribution >= 0.6 is 0 Å². The summed E-state index contributed by atoms with van der Waals surface area (Å²) in [7, 11) is 0. The molecule has 0 rings (SSSR count). The third-order valence-corrected chi connectivity index (χ3v) is 3.13. The van der Waals surface area contributed by atoms with Gasteiger partial charge in [0.2, 0.25) is 6.20 Å². The first-order chi connectivity index (χ1) is 7.64. The number of carbonyl (C=O) groups is 1. The molecule has 2 atom stereocenters. The number of Topliss-reactive ketones (excluding diaryl/α,β-unsaturated/α-hetero) is 1. The molecule has 0 spiro atoms. The lowest BCUT2D eigenvalue weighted by Crippen LogP contribution is -2.41. The van der Waals surface area contributed by atoms with Gasteiger partial charge in [0.1, 0.15) is 5.78 Å². The van der Waals surface area contributed by atoms with Crippen molar-refractivity contribution in [2.24, 2.45) is 11.8 Å². The number of ketones is 1. The molecule has 2 unspecified atom stereocenters. The third kappa shape index (κ3) is 3.93. The fourth-order valence-corrected chi connectivity index (χ4v) is 1.76. The molecule has 1 N–H and O–H groups in total. The van der Waals surface area contributed by atoms with Crippen LogP contribution in [0.1, 0.15) is 41.0 Å². The summed E-state index contributed by atoms with van der Waals surface area (Å²) in [6.45, 7) is 8.27. The zero-order valence-electron chi connectivity index (χ0n) is 11.1. The molecule has 0 saturated carbocycles. The van der Waals surface area contributed by atoms with Crippen molar-refractivity contribution in [3.05, 3.63) is 21.9 Å². The van der Waals surface area contributed by atoms with E-state index in [-0.39, 0.29) is 17.3 Å². The summed E-state index contributed by atoms with van der Waals surface area (Å²) in [5.74, 6) is -0.962. The van der Waals surface area contributed by atoms with Gasteiger partial charge in [0.25, 0.3) is 0 Å². The fourth-order valence-electron chi connectivity index (χ4n) is 1.76. The molecule has 0 radical (unpaired) electrons. The van der Waals surface area contributed by atoms with Gasteiger partial charge in [-0.25, -0.2) is 0 Å². The number of rotatable bonds is 6. The van der Waals surface area contributed by atoms with Gasteiger partial charge in [-0.15, -0.1) is 0 Å². The molecule has 0 aliphatic carbocycles. The van der Waals surface area contributed by atoms with Gasteiger partial charge in [-0.05, 0) is 13.3 Å². The molecule has 0 aliphatic heterocycles. The Hall–Kier alpha value is -1.23. The van der Waals surface area contributed by atoms with Gasteiger partial charge in [0.05, 0.1) is 10.5 Å². The molecule has 0 amide bonds. The van der Waals surface area contributed by atoms with Crippen molar-refractivity contribution >= 4 is 5.78 Å². The van der Waals surface area contributed by atoms with Crippen molar-refractivity contribution in [1.82, 2.24) is 0 Å². The molecule has 17 heavy (non-hydrogen) atoms. The molecule has 5 nitrogen and oxygen atoms in total. The molecule has 0 aliphatic rings. The van der Waals surface area contributed by atoms with Gasteiger partial charge < -0.3 is 5.11 Å². The van der Waals surface area contributed by atoms with Gasteiger partial charge in [-0.2, -0.15) is 0 Å². The van der Waals surface area contributed by atoms with Crippen molar-refractivity contribution in [3.63, 3.8) is 0 Å². The highest BCUT2D eigenvalue weighted by Crippen LogP contribution is 2.30. The van der Waals surface area contributed by atoms with E-state index >= 15 is 0 Å². The van der Waals surface area contributed by atoms with Crippen molar-refractivity contribution in [2.45, 2.75) is 46.6 Å². The summed E-state index contributed by atoms with van der Waals surface area (Å²) in [5.41, 5.74) is -1.20. The molecule has 98 valence electrons. The van der Waals surface area contributed by atoms with Crippen molar-refractivity contribution < 1.29 is 14.8 Å². The van der Waals surface area contributed by atoms with E-state index in [1.54, 1.807) is 27.7 Å². The van der Waals surface area contributed by atoms with Crippen LogP contribution in [-0.4, -0.2) is 21.4 Å². The second kappa shape index (κ2) is 5.91. The molecule has 0 aromatic rings. The molecule has 0 aromatic heterocycles. The first-order valence-corrected chi connectivity index (χ1v) is 5.75. The Morgan fingerprint density at radius 1 is 1.47 bits per heavy atom. The van der Waals surface area contributed by atoms with Crippen molar-refractivity contribution in [3.8, 4) is 0 Å². The fraction of sp³-hybridized carbons (Fsp3) is 0.750. The maximum Gasteiger partial charge on any atom is 0.236 e. The van der Waals surface area contributed by atoms with E-state index in [4.69, 9.17) is 0 Å². The third-order valence-electron chi connectivity index (χ3n) is 3.13. The minimum absolute atomic E-state index is 0.0994. The lowest BCUT2D eigenvalue weighted by atomic mass is 9.78. The average molecular weight is 243 g/mol. The molecule has 0 bridgehead atoms. The van der Waals surface area contributed by atoms with Crippen LogP contribution < -0.4 is 0 Å².